The molecule has 29 heavy (non-hydrogen) atoms. The normalized spacial score (nSPS) is 26.9. The maximum atomic E-state index is 12.9. The third kappa shape index (κ3) is 3.02. The molecule has 4 atom stereocenters. The van der Waals surface area contributed by atoms with E-state index in [0.717, 1.165) is 10.9 Å². The van der Waals surface area contributed by atoms with Crippen LogP contribution in [0.25, 0.3) is 0 Å². The van der Waals surface area contributed by atoms with E-state index in [1.165, 1.54) is 4.90 Å². The highest BCUT2D eigenvalue weighted by Crippen LogP contribution is 2.53. The van der Waals surface area contributed by atoms with Crippen LogP contribution >= 0.6 is 15.9 Å². The van der Waals surface area contributed by atoms with Crippen LogP contribution in [0.4, 0.5) is 5.69 Å². The Kier molecular flexibility index (Phi) is 4.39. The summed E-state index contributed by atoms with van der Waals surface area (Å²) in [6.07, 6.45) is 5.08. The number of fused-ring (bicyclic) bond motifs is 5. The molecule has 3 aliphatic rings. The summed E-state index contributed by atoms with van der Waals surface area (Å²) in [5.74, 6) is 0.153. The lowest BCUT2D eigenvalue weighted by Crippen LogP contribution is -2.32. The summed E-state index contributed by atoms with van der Waals surface area (Å²) in [6.45, 7) is -0.0816. The minimum atomic E-state index is -0.211. The third-order valence-corrected chi connectivity index (χ3v) is 6.63. The topological polar surface area (TPSA) is 63.7 Å². The molecule has 1 heterocycles. The predicted octanol–water partition coefficient (Wildman–Crippen LogP) is 4.02. The van der Waals surface area contributed by atoms with Crippen LogP contribution in [0.1, 0.15) is 16.8 Å². The first-order chi connectivity index (χ1) is 14.0. The van der Waals surface area contributed by atoms with Crippen molar-refractivity contribution < 1.29 is 19.1 Å². The Morgan fingerprint density at radius 2 is 1.52 bits per heavy atom. The van der Waals surface area contributed by atoms with Gasteiger partial charge in [0.15, 0.2) is 12.4 Å². The molecule has 1 aliphatic heterocycles. The number of hydrogen-bond acceptors (Lipinski definition) is 4. The Labute approximate surface area is 176 Å². The minimum absolute atomic E-state index is 0.0816. The van der Waals surface area contributed by atoms with E-state index in [-0.39, 0.29) is 47.9 Å². The number of halogens is 1. The van der Waals surface area contributed by atoms with Crippen molar-refractivity contribution in [2.45, 2.75) is 6.42 Å². The summed E-state index contributed by atoms with van der Waals surface area (Å²) in [6, 6.07) is 13.9. The molecular formula is C23H18BrNO4. The fraction of sp³-hybridized carbons (Fsp3) is 0.261. The summed E-state index contributed by atoms with van der Waals surface area (Å²) in [7, 11) is 0. The number of benzene rings is 2. The lowest BCUT2D eigenvalue weighted by molar-refractivity contribution is -0.123. The Balaban J connectivity index is 1.26. The molecule has 1 saturated carbocycles. The molecule has 146 valence electrons. The largest absolute Gasteiger partial charge is 0.485 e. The zero-order chi connectivity index (χ0) is 20.1. The van der Waals surface area contributed by atoms with Crippen molar-refractivity contribution >= 4 is 39.2 Å². The average Bonchev–Trinajstić information content (AvgIpc) is 3.41. The Hall–Kier alpha value is -2.73. The van der Waals surface area contributed by atoms with Crippen LogP contribution in [0.3, 0.4) is 0 Å². The summed E-state index contributed by atoms with van der Waals surface area (Å²) >= 11 is 3.34. The third-order valence-electron chi connectivity index (χ3n) is 6.10. The second-order valence-electron chi connectivity index (χ2n) is 7.72. The van der Waals surface area contributed by atoms with Gasteiger partial charge in [-0.05, 0) is 54.7 Å². The van der Waals surface area contributed by atoms with E-state index in [1.54, 1.807) is 36.4 Å². The van der Waals surface area contributed by atoms with E-state index < -0.39 is 0 Å². The highest BCUT2D eigenvalue weighted by atomic mass is 79.9. The Morgan fingerprint density at radius 1 is 0.931 bits per heavy atom. The van der Waals surface area contributed by atoms with Crippen LogP contribution in [0.15, 0.2) is 65.2 Å². The molecule has 2 aromatic rings. The predicted molar refractivity (Wildman–Crippen MR) is 111 cm³/mol. The van der Waals surface area contributed by atoms with Crippen LogP contribution in [-0.2, 0) is 9.59 Å². The molecule has 0 spiro atoms. The number of imide groups is 1. The van der Waals surface area contributed by atoms with Gasteiger partial charge in [-0.25, -0.2) is 0 Å². The summed E-state index contributed by atoms with van der Waals surface area (Å²) in [5, 5.41) is 0. The molecule has 0 unspecified atom stereocenters. The zero-order valence-corrected chi connectivity index (χ0v) is 17.0. The van der Waals surface area contributed by atoms with E-state index in [9.17, 15) is 14.4 Å². The number of carbonyl (C=O) groups is 3. The molecule has 0 N–H and O–H groups in total. The van der Waals surface area contributed by atoms with Crippen molar-refractivity contribution in [3.05, 3.63) is 70.7 Å². The summed E-state index contributed by atoms with van der Waals surface area (Å²) in [5.41, 5.74) is 1.13. The molecular weight excluding hydrogens is 434 g/mol. The van der Waals surface area contributed by atoms with Crippen LogP contribution in [0.2, 0.25) is 0 Å². The zero-order valence-electron chi connectivity index (χ0n) is 15.5. The molecule has 5 rings (SSSR count). The van der Waals surface area contributed by atoms with Crippen LogP contribution in [-0.4, -0.2) is 24.2 Å². The monoisotopic (exact) mass is 451 g/mol. The van der Waals surface area contributed by atoms with Gasteiger partial charge in [0.25, 0.3) is 0 Å². The molecule has 5 nitrogen and oxygen atoms in total. The van der Waals surface area contributed by atoms with Crippen molar-refractivity contribution in [2.75, 3.05) is 11.5 Å². The van der Waals surface area contributed by atoms with Crippen LogP contribution < -0.4 is 9.64 Å². The number of nitrogens with zero attached hydrogens (tertiary/aromatic N) is 1. The average molecular weight is 452 g/mol. The van der Waals surface area contributed by atoms with Crippen molar-refractivity contribution in [3.63, 3.8) is 0 Å². The standard InChI is InChI=1S/C23H18BrNO4/c24-16-5-3-13(4-6-16)19(26)12-29-18-9-7-17(8-10-18)25-22(27)20-14-1-2-15(11-14)21(20)23(25)28/h1-10,14-15,20-21H,11-12H2/t14-,15-,20-,21-/m0/s1. The summed E-state index contributed by atoms with van der Waals surface area (Å²) in [4.78, 5) is 39.3. The van der Waals surface area contributed by atoms with Gasteiger partial charge in [0.2, 0.25) is 11.8 Å². The number of amides is 2. The minimum Gasteiger partial charge on any atom is -0.485 e. The van der Waals surface area contributed by atoms with Crippen LogP contribution in [0.5, 0.6) is 5.75 Å². The molecule has 0 radical (unpaired) electrons. The SMILES string of the molecule is O=C(COc1ccc(N2C(=O)[C@@H]3[C@@H](C2=O)[C@H]2C=C[C@H]3C2)cc1)c1ccc(Br)cc1. The lowest BCUT2D eigenvalue weighted by Gasteiger charge is -2.17. The first-order valence-electron chi connectivity index (χ1n) is 9.61. The number of Topliss-reactive ketones (excluding diaryl/α,β-unsaturated/α-hetero) is 1. The van der Waals surface area contributed by atoms with Gasteiger partial charge in [0.1, 0.15) is 5.75 Å². The smallest absolute Gasteiger partial charge is 0.238 e. The lowest BCUT2D eigenvalue weighted by atomic mass is 9.85. The van der Waals surface area contributed by atoms with Crippen molar-refractivity contribution in [1.82, 2.24) is 0 Å². The highest BCUT2D eigenvalue weighted by molar-refractivity contribution is 9.10. The van der Waals surface area contributed by atoms with E-state index in [0.29, 0.717) is 17.0 Å². The molecule has 2 aromatic carbocycles. The van der Waals surface area contributed by atoms with E-state index >= 15 is 0 Å². The van der Waals surface area contributed by atoms with E-state index in [2.05, 4.69) is 28.1 Å². The number of ketones is 1. The highest BCUT2D eigenvalue weighted by Gasteiger charge is 2.59. The molecule has 2 amide bonds. The fourth-order valence-electron chi connectivity index (χ4n) is 4.72. The van der Waals surface area contributed by atoms with Gasteiger partial charge >= 0.3 is 0 Å². The van der Waals surface area contributed by atoms with Gasteiger partial charge in [-0.3, -0.25) is 19.3 Å². The van der Waals surface area contributed by atoms with Crippen LogP contribution in [0, 0.1) is 23.7 Å². The molecule has 2 bridgehead atoms. The number of carbonyl (C=O) groups excluding carboxylic acids is 3. The second-order valence-corrected chi connectivity index (χ2v) is 8.64. The van der Waals surface area contributed by atoms with Crippen molar-refractivity contribution in [2.24, 2.45) is 23.7 Å². The quantitative estimate of drug-likeness (QED) is 0.391. The first kappa shape index (κ1) is 18.3. The Bertz CT molecular complexity index is 998. The number of allylic oxidation sites excluding steroid dienone is 2. The second kappa shape index (κ2) is 6.95. The maximum absolute atomic E-state index is 12.9. The van der Waals surface area contributed by atoms with Gasteiger partial charge in [-0.15, -0.1) is 0 Å². The van der Waals surface area contributed by atoms with E-state index in [1.807, 2.05) is 12.1 Å². The molecule has 0 aromatic heterocycles. The summed E-state index contributed by atoms with van der Waals surface area (Å²) < 4.78 is 6.49. The number of ether oxygens (including phenoxy) is 1. The number of anilines is 1. The molecule has 6 heteroatoms. The van der Waals surface area contributed by atoms with Gasteiger partial charge in [0, 0.05) is 10.0 Å². The fourth-order valence-corrected chi connectivity index (χ4v) is 4.98. The van der Waals surface area contributed by atoms with Gasteiger partial charge in [0.05, 0.1) is 17.5 Å². The molecule has 2 fully saturated rings. The maximum Gasteiger partial charge on any atom is 0.238 e. The van der Waals surface area contributed by atoms with Crippen molar-refractivity contribution in [3.8, 4) is 5.75 Å². The van der Waals surface area contributed by atoms with E-state index in [4.69, 9.17) is 4.74 Å². The first-order valence-corrected chi connectivity index (χ1v) is 10.4. The van der Waals surface area contributed by atoms with Gasteiger partial charge < -0.3 is 4.74 Å². The molecule has 2 aliphatic carbocycles. The number of hydrogen-bond donors (Lipinski definition) is 0. The molecule has 1 saturated heterocycles. The number of rotatable bonds is 5. The van der Waals surface area contributed by atoms with Crippen molar-refractivity contribution in [1.29, 1.82) is 0 Å². The van der Waals surface area contributed by atoms with Gasteiger partial charge in [-0.2, -0.15) is 0 Å². The Morgan fingerprint density at radius 3 is 2.10 bits per heavy atom. The van der Waals surface area contributed by atoms with Gasteiger partial charge in [-0.1, -0.05) is 40.2 Å².